The first-order valence-electron chi connectivity index (χ1n) is 8.75. The van der Waals surface area contributed by atoms with Crippen LogP contribution in [-0.4, -0.2) is 28.1 Å². The minimum Gasteiger partial charge on any atom is -0.357 e. The van der Waals surface area contributed by atoms with Gasteiger partial charge in [-0.15, -0.1) is 0 Å². The van der Waals surface area contributed by atoms with E-state index in [-0.39, 0.29) is 17.4 Å². The number of benzene rings is 1. The molecule has 2 heterocycles. The first-order valence-corrected chi connectivity index (χ1v) is 8.75. The molecule has 3 rings (SSSR count). The molecule has 140 valence electrons. The van der Waals surface area contributed by atoms with Gasteiger partial charge in [0.15, 0.2) is 5.56 Å². The number of rotatable bonds is 3. The number of aromatic nitrogens is 2. The van der Waals surface area contributed by atoms with E-state index in [1.54, 1.807) is 7.05 Å². The van der Waals surface area contributed by atoms with Gasteiger partial charge in [-0.25, -0.2) is 4.79 Å². The molecule has 0 aliphatic carbocycles. The molecule has 27 heavy (non-hydrogen) atoms. The van der Waals surface area contributed by atoms with E-state index in [1.165, 1.54) is 11.6 Å². The monoisotopic (exact) mass is 367 g/mol. The SMILES string of the molecule is Cn1c(N2CCC(C(=O)Nc3ccccc3)CC2)c(C#N)c(=O)n(C)c1=O. The van der Waals surface area contributed by atoms with Crippen molar-refractivity contribution in [1.29, 1.82) is 5.26 Å². The summed E-state index contributed by atoms with van der Waals surface area (Å²) in [4.78, 5) is 38.8. The number of nitrogens with zero attached hydrogens (tertiary/aromatic N) is 4. The second-order valence-corrected chi connectivity index (χ2v) is 6.63. The number of amides is 1. The maximum Gasteiger partial charge on any atom is 0.332 e. The third-order valence-corrected chi connectivity index (χ3v) is 4.95. The van der Waals surface area contributed by atoms with Crippen molar-refractivity contribution in [3.63, 3.8) is 0 Å². The van der Waals surface area contributed by atoms with Gasteiger partial charge in [-0.1, -0.05) is 18.2 Å². The Morgan fingerprint density at radius 3 is 2.33 bits per heavy atom. The molecule has 8 heteroatoms. The van der Waals surface area contributed by atoms with Crippen molar-refractivity contribution in [3.8, 4) is 6.07 Å². The predicted octanol–water partition coefficient (Wildman–Crippen LogP) is 0.811. The van der Waals surface area contributed by atoms with Crippen LogP contribution in [0.3, 0.4) is 0 Å². The van der Waals surface area contributed by atoms with Crippen LogP contribution in [0.1, 0.15) is 18.4 Å². The van der Waals surface area contributed by atoms with E-state index in [0.717, 1.165) is 10.3 Å². The fourth-order valence-corrected chi connectivity index (χ4v) is 3.42. The molecule has 0 saturated carbocycles. The van der Waals surface area contributed by atoms with Gasteiger partial charge in [0.25, 0.3) is 5.56 Å². The molecule has 1 fully saturated rings. The number of nitrogens with one attached hydrogen (secondary N) is 1. The second kappa shape index (κ2) is 7.50. The number of hydrogen-bond donors (Lipinski definition) is 1. The summed E-state index contributed by atoms with van der Waals surface area (Å²) in [5.74, 6) is 0.127. The molecule has 1 aliphatic rings. The van der Waals surface area contributed by atoms with Crippen molar-refractivity contribution in [2.45, 2.75) is 12.8 Å². The normalized spacial score (nSPS) is 14.6. The molecule has 2 aromatic rings. The molecule has 1 aromatic carbocycles. The lowest BCUT2D eigenvalue weighted by Crippen LogP contribution is -2.45. The standard InChI is InChI=1S/C19H21N5O3/c1-22-17(15(12-20)18(26)23(2)19(22)27)24-10-8-13(9-11-24)16(25)21-14-6-4-3-5-7-14/h3-7,13H,8-11H2,1-2H3,(H,21,25). The van der Waals surface area contributed by atoms with Crippen LogP contribution in [0.25, 0.3) is 0 Å². The molecule has 1 saturated heterocycles. The minimum atomic E-state index is -0.598. The Morgan fingerprint density at radius 1 is 1.11 bits per heavy atom. The zero-order valence-corrected chi connectivity index (χ0v) is 15.3. The number of para-hydroxylation sites is 1. The van der Waals surface area contributed by atoms with Crippen molar-refractivity contribution >= 4 is 17.4 Å². The van der Waals surface area contributed by atoms with E-state index in [2.05, 4.69) is 5.32 Å². The fraction of sp³-hybridized carbons (Fsp3) is 0.368. The quantitative estimate of drug-likeness (QED) is 0.865. The van der Waals surface area contributed by atoms with Gasteiger partial charge in [0, 0.05) is 38.8 Å². The van der Waals surface area contributed by atoms with Crippen LogP contribution >= 0.6 is 0 Å². The average Bonchev–Trinajstić information content (AvgIpc) is 2.70. The van der Waals surface area contributed by atoms with Crippen LogP contribution in [0.2, 0.25) is 0 Å². The Labute approximate surface area is 156 Å². The largest absolute Gasteiger partial charge is 0.357 e. The van der Waals surface area contributed by atoms with E-state index in [9.17, 15) is 19.6 Å². The number of nitriles is 1. The van der Waals surface area contributed by atoms with E-state index in [0.29, 0.717) is 31.7 Å². The summed E-state index contributed by atoms with van der Waals surface area (Å²) in [5, 5.41) is 12.3. The summed E-state index contributed by atoms with van der Waals surface area (Å²) in [7, 11) is 2.90. The van der Waals surface area contributed by atoms with Crippen molar-refractivity contribution in [2.24, 2.45) is 20.0 Å². The molecular formula is C19H21N5O3. The molecule has 1 aromatic heterocycles. The topological polar surface area (TPSA) is 100 Å². The van der Waals surface area contributed by atoms with Gasteiger partial charge in [-0.2, -0.15) is 5.26 Å². The number of hydrogen-bond acceptors (Lipinski definition) is 5. The van der Waals surface area contributed by atoms with Gasteiger partial charge in [0.2, 0.25) is 5.91 Å². The maximum atomic E-state index is 12.5. The van der Waals surface area contributed by atoms with Crippen LogP contribution in [0.15, 0.2) is 39.9 Å². The number of anilines is 2. The van der Waals surface area contributed by atoms with Crippen molar-refractivity contribution in [1.82, 2.24) is 9.13 Å². The lowest BCUT2D eigenvalue weighted by molar-refractivity contribution is -0.120. The Morgan fingerprint density at radius 2 is 1.74 bits per heavy atom. The molecule has 1 aliphatic heterocycles. The Kier molecular flexibility index (Phi) is 5.12. The smallest absolute Gasteiger partial charge is 0.332 e. The van der Waals surface area contributed by atoms with E-state index in [1.807, 2.05) is 41.3 Å². The van der Waals surface area contributed by atoms with Gasteiger partial charge in [0.05, 0.1) is 0 Å². The highest BCUT2D eigenvalue weighted by Crippen LogP contribution is 2.24. The molecule has 1 amide bonds. The summed E-state index contributed by atoms with van der Waals surface area (Å²) >= 11 is 0. The number of carbonyl (C=O) groups excluding carboxylic acids is 1. The molecule has 8 nitrogen and oxygen atoms in total. The van der Waals surface area contributed by atoms with E-state index in [4.69, 9.17) is 0 Å². The summed E-state index contributed by atoms with van der Waals surface area (Å²) in [6, 6.07) is 11.2. The van der Waals surface area contributed by atoms with E-state index < -0.39 is 11.2 Å². The molecule has 0 unspecified atom stereocenters. The molecule has 1 N–H and O–H groups in total. The Hall–Kier alpha value is -3.34. The molecule has 0 radical (unpaired) electrons. The van der Waals surface area contributed by atoms with Crippen molar-refractivity contribution < 1.29 is 4.79 Å². The Bertz CT molecular complexity index is 1010. The zero-order valence-electron chi connectivity index (χ0n) is 15.3. The van der Waals surface area contributed by atoms with Crippen molar-refractivity contribution in [3.05, 3.63) is 56.7 Å². The predicted molar refractivity (Wildman–Crippen MR) is 102 cm³/mol. The van der Waals surface area contributed by atoms with Crippen LogP contribution in [-0.2, 0) is 18.9 Å². The average molecular weight is 367 g/mol. The zero-order chi connectivity index (χ0) is 19.6. The highest BCUT2D eigenvalue weighted by Gasteiger charge is 2.28. The van der Waals surface area contributed by atoms with Gasteiger partial charge >= 0.3 is 5.69 Å². The third kappa shape index (κ3) is 3.49. The Balaban J connectivity index is 1.77. The summed E-state index contributed by atoms with van der Waals surface area (Å²) < 4.78 is 2.26. The molecule has 0 bridgehead atoms. The lowest BCUT2D eigenvalue weighted by atomic mass is 9.95. The van der Waals surface area contributed by atoms with Crippen LogP contribution in [0.4, 0.5) is 11.5 Å². The van der Waals surface area contributed by atoms with Gasteiger partial charge < -0.3 is 10.2 Å². The summed E-state index contributed by atoms with van der Waals surface area (Å²) in [6.07, 6.45) is 1.15. The van der Waals surface area contributed by atoms with E-state index >= 15 is 0 Å². The first-order chi connectivity index (χ1) is 12.9. The van der Waals surface area contributed by atoms with Gasteiger partial charge in [-0.05, 0) is 25.0 Å². The molecule has 0 spiro atoms. The minimum absolute atomic E-state index is 0.0424. The summed E-state index contributed by atoms with van der Waals surface area (Å²) in [6.45, 7) is 0.976. The van der Waals surface area contributed by atoms with Gasteiger partial charge in [-0.3, -0.25) is 18.7 Å². The first kappa shape index (κ1) is 18.5. The lowest BCUT2D eigenvalue weighted by Gasteiger charge is -2.34. The van der Waals surface area contributed by atoms with Gasteiger partial charge in [0.1, 0.15) is 11.9 Å². The molecular weight excluding hydrogens is 346 g/mol. The molecule has 0 atom stereocenters. The highest BCUT2D eigenvalue weighted by atomic mass is 16.2. The fourth-order valence-electron chi connectivity index (χ4n) is 3.42. The highest BCUT2D eigenvalue weighted by molar-refractivity contribution is 5.92. The van der Waals surface area contributed by atoms with Crippen LogP contribution in [0, 0.1) is 17.2 Å². The third-order valence-electron chi connectivity index (χ3n) is 4.95. The maximum absolute atomic E-state index is 12.5. The number of piperidine rings is 1. The van der Waals surface area contributed by atoms with Crippen LogP contribution in [0.5, 0.6) is 0 Å². The van der Waals surface area contributed by atoms with Crippen molar-refractivity contribution in [2.75, 3.05) is 23.3 Å². The second-order valence-electron chi connectivity index (χ2n) is 6.63. The number of carbonyl (C=O) groups is 1. The van der Waals surface area contributed by atoms with Crippen LogP contribution < -0.4 is 21.5 Å². The summed E-state index contributed by atoms with van der Waals surface area (Å²) in [5.41, 5.74) is -0.366.